The number of nitrogens with one attached hydrogen (secondary N) is 1. The summed E-state index contributed by atoms with van der Waals surface area (Å²) < 4.78 is 0. The monoisotopic (exact) mass is 420 g/mol. The number of nitrogens with zero attached hydrogens (tertiary/aromatic N) is 1. The third-order valence-electron chi connectivity index (χ3n) is 4.20. The molecule has 2 aromatic carbocycles. The zero-order valence-electron chi connectivity index (χ0n) is 16.6. The molecular formula is C22H26Cl2N2O2. The van der Waals surface area contributed by atoms with Crippen molar-refractivity contribution in [3.8, 4) is 0 Å². The zero-order valence-corrected chi connectivity index (χ0v) is 18.1. The molecule has 0 saturated heterocycles. The van der Waals surface area contributed by atoms with Crippen LogP contribution in [0.1, 0.15) is 38.8 Å². The maximum atomic E-state index is 13.1. The van der Waals surface area contributed by atoms with Gasteiger partial charge >= 0.3 is 0 Å². The maximum absolute atomic E-state index is 13.1. The Morgan fingerprint density at radius 3 is 1.86 bits per heavy atom. The zero-order chi connectivity index (χ0) is 20.9. The lowest BCUT2D eigenvalue weighted by Crippen LogP contribution is -2.52. The molecule has 1 atom stereocenters. The SMILES string of the molecule is C[C@@H](C(=O)NC(C)(C)C)N(Cc1ccc(Cl)cc1)C(=O)Cc1ccc(Cl)cc1. The van der Waals surface area contributed by atoms with E-state index < -0.39 is 6.04 Å². The maximum Gasteiger partial charge on any atom is 0.242 e. The minimum Gasteiger partial charge on any atom is -0.350 e. The number of carbonyl (C=O) groups excluding carboxylic acids is 2. The Kier molecular flexibility index (Phi) is 7.50. The van der Waals surface area contributed by atoms with Gasteiger partial charge in [-0.3, -0.25) is 9.59 Å². The fourth-order valence-electron chi connectivity index (χ4n) is 2.72. The van der Waals surface area contributed by atoms with Crippen LogP contribution in [0.4, 0.5) is 0 Å². The highest BCUT2D eigenvalue weighted by Crippen LogP contribution is 2.17. The van der Waals surface area contributed by atoms with Crippen LogP contribution in [0, 0.1) is 0 Å². The van der Waals surface area contributed by atoms with Crippen molar-refractivity contribution in [2.75, 3.05) is 0 Å². The standard InChI is InChI=1S/C22H26Cl2N2O2/c1-15(21(28)25-22(2,3)4)26(14-17-7-11-19(24)12-8-17)20(27)13-16-5-9-18(23)10-6-16/h5-12,15H,13-14H2,1-4H3,(H,25,28)/t15-/m0/s1. The van der Waals surface area contributed by atoms with Crippen LogP contribution in [0.3, 0.4) is 0 Å². The molecular weight excluding hydrogens is 395 g/mol. The normalized spacial score (nSPS) is 12.4. The molecule has 0 fully saturated rings. The molecule has 0 aliphatic carbocycles. The average molecular weight is 421 g/mol. The molecule has 1 N–H and O–H groups in total. The van der Waals surface area contributed by atoms with Gasteiger partial charge in [0.2, 0.25) is 11.8 Å². The van der Waals surface area contributed by atoms with E-state index in [9.17, 15) is 9.59 Å². The Bertz CT molecular complexity index is 812. The first-order chi connectivity index (χ1) is 13.0. The van der Waals surface area contributed by atoms with Crippen LogP contribution >= 0.6 is 23.2 Å². The molecule has 0 aliphatic heterocycles. The lowest BCUT2D eigenvalue weighted by molar-refractivity contribution is -0.140. The molecule has 28 heavy (non-hydrogen) atoms. The van der Waals surface area contributed by atoms with Gasteiger partial charge in [-0.15, -0.1) is 0 Å². The number of benzene rings is 2. The van der Waals surface area contributed by atoms with Crippen LogP contribution in [0.5, 0.6) is 0 Å². The second-order valence-corrected chi connectivity index (χ2v) is 8.74. The first-order valence-electron chi connectivity index (χ1n) is 9.15. The van der Waals surface area contributed by atoms with Gasteiger partial charge in [-0.25, -0.2) is 0 Å². The van der Waals surface area contributed by atoms with E-state index in [2.05, 4.69) is 5.32 Å². The summed E-state index contributed by atoms with van der Waals surface area (Å²) in [5.74, 6) is -0.320. The van der Waals surface area contributed by atoms with Crippen LogP contribution < -0.4 is 5.32 Å². The lowest BCUT2D eigenvalue weighted by Gasteiger charge is -2.31. The van der Waals surface area contributed by atoms with Gasteiger partial charge in [0, 0.05) is 22.1 Å². The molecule has 2 rings (SSSR count). The third-order valence-corrected chi connectivity index (χ3v) is 4.70. The first-order valence-corrected chi connectivity index (χ1v) is 9.91. The number of hydrogen-bond donors (Lipinski definition) is 1. The van der Waals surface area contributed by atoms with Gasteiger partial charge in [0.25, 0.3) is 0 Å². The molecule has 2 amide bonds. The number of halogens is 2. The smallest absolute Gasteiger partial charge is 0.242 e. The summed E-state index contributed by atoms with van der Waals surface area (Å²) in [7, 11) is 0. The van der Waals surface area contributed by atoms with Crippen molar-refractivity contribution in [1.29, 1.82) is 0 Å². The summed E-state index contributed by atoms with van der Waals surface area (Å²) in [6, 6.07) is 13.8. The number of hydrogen-bond acceptors (Lipinski definition) is 2. The largest absolute Gasteiger partial charge is 0.350 e. The predicted molar refractivity (Wildman–Crippen MR) is 115 cm³/mol. The van der Waals surface area contributed by atoms with Gasteiger partial charge in [0.15, 0.2) is 0 Å². The predicted octanol–water partition coefficient (Wildman–Crippen LogP) is 4.87. The van der Waals surface area contributed by atoms with Crippen LogP contribution in [-0.2, 0) is 22.6 Å². The molecule has 2 aromatic rings. The van der Waals surface area contributed by atoms with Crippen LogP contribution in [0.25, 0.3) is 0 Å². The Labute approximate surface area is 176 Å². The Hall–Kier alpha value is -2.04. The lowest BCUT2D eigenvalue weighted by atomic mass is 10.1. The number of carbonyl (C=O) groups is 2. The molecule has 0 aliphatic rings. The van der Waals surface area contributed by atoms with Crippen LogP contribution in [0.15, 0.2) is 48.5 Å². The third kappa shape index (κ3) is 6.84. The Morgan fingerprint density at radius 2 is 1.39 bits per heavy atom. The first kappa shape index (κ1) is 22.3. The van der Waals surface area contributed by atoms with E-state index >= 15 is 0 Å². The van der Waals surface area contributed by atoms with Gasteiger partial charge in [-0.1, -0.05) is 47.5 Å². The quantitative estimate of drug-likeness (QED) is 0.724. The topological polar surface area (TPSA) is 49.4 Å². The fraction of sp³-hybridized carbons (Fsp3) is 0.364. The number of rotatable bonds is 6. The van der Waals surface area contributed by atoms with E-state index in [1.165, 1.54) is 0 Å². The van der Waals surface area contributed by atoms with Crippen molar-refractivity contribution in [1.82, 2.24) is 10.2 Å². The van der Waals surface area contributed by atoms with E-state index in [0.29, 0.717) is 16.6 Å². The van der Waals surface area contributed by atoms with Gasteiger partial charge < -0.3 is 10.2 Å². The van der Waals surface area contributed by atoms with Crippen molar-refractivity contribution >= 4 is 35.0 Å². The molecule has 6 heteroatoms. The molecule has 0 saturated carbocycles. The fourth-order valence-corrected chi connectivity index (χ4v) is 2.97. The minimum atomic E-state index is -0.616. The van der Waals surface area contributed by atoms with E-state index in [4.69, 9.17) is 23.2 Å². The Morgan fingerprint density at radius 1 is 0.929 bits per heavy atom. The van der Waals surface area contributed by atoms with Crippen molar-refractivity contribution in [3.63, 3.8) is 0 Å². The highest BCUT2D eigenvalue weighted by Gasteiger charge is 2.28. The number of amides is 2. The molecule has 150 valence electrons. The molecule has 0 bridgehead atoms. The van der Waals surface area contributed by atoms with Crippen molar-refractivity contribution in [2.24, 2.45) is 0 Å². The van der Waals surface area contributed by atoms with Crippen LogP contribution in [-0.4, -0.2) is 28.3 Å². The van der Waals surface area contributed by atoms with E-state index in [-0.39, 0.29) is 23.8 Å². The molecule has 4 nitrogen and oxygen atoms in total. The summed E-state index contributed by atoms with van der Waals surface area (Å²) in [4.78, 5) is 27.4. The van der Waals surface area contributed by atoms with Gasteiger partial charge in [-0.2, -0.15) is 0 Å². The van der Waals surface area contributed by atoms with Crippen molar-refractivity contribution in [2.45, 2.75) is 52.2 Å². The highest BCUT2D eigenvalue weighted by molar-refractivity contribution is 6.30. The molecule has 0 radical (unpaired) electrons. The molecule has 0 aromatic heterocycles. The molecule has 0 spiro atoms. The summed E-state index contributed by atoms with van der Waals surface area (Å²) in [6.07, 6.45) is 0.192. The van der Waals surface area contributed by atoms with Crippen LogP contribution in [0.2, 0.25) is 10.0 Å². The molecule has 0 heterocycles. The van der Waals surface area contributed by atoms with E-state index in [0.717, 1.165) is 11.1 Å². The summed E-state index contributed by atoms with van der Waals surface area (Å²) in [5.41, 5.74) is 1.37. The van der Waals surface area contributed by atoms with E-state index in [1.54, 1.807) is 36.1 Å². The average Bonchev–Trinajstić information content (AvgIpc) is 2.61. The van der Waals surface area contributed by atoms with Gasteiger partial charge in [0.1, 0.15) is 6.04 Å². The van der Waals surface area contributed by atoms with Gasteiger partial charge in [-0.05, 0) is 63.1 Å². The summed E-state index contributed by atoms with van der Waals surface area (Å²) in [6.45, 7) is 7.81. The summed E-state index contributed by atoms with van der Waals surface area (Å²) in [5, 5.41) is 4.19. The minimum absolute atomic E-state index is 0.131. The second kappa shape index (κ2) is 9.44. The van der Waals surface area contributed by atoms with E-state index in [1.807, 2.05) is 45.0 Å². The van der Waals surface area contributed by atoms with Crippen molar-refractivity contribution in [3.05, 3.63) is 69.7 Å². The van der Waals surface area contributed by atoms with Gasteiger partial charge in [0.05, 0.1) is 6.42 Å². The summed E-state index contributed by atoms with van der Waals surface area (Å²) >= 11 is 11.9. The Balaban J connectivity index is 2.23. The van der Waals surface area contributed by atoms with Crippen molar-refractivity contribution < 1.29 is 9.59 Å². The molecule has 0 unspecified atom stereocenters. The second-order valence-electron chi connectivity index (χ2n) is 7.87. The highest BCUT2D eigenvalue weighted by atomic mass is 35.5.